The molecule has 0 unspecified atom stereocenters. The number of benzene rings is 1. The van der Waals surface area contributed by atoms with Crippen molar-refractivity contribution in [2.24, 2.45) is 0 Å². The normalized spacial score (nSPS) is 10.8. The lowest BCUT2D eigenvalue weighted by molar-refractivity contribution is 0.569. The topological polar surface area (TPSA) is 34.1 Å². The SMILES string of the molecule is C#CCS(=O)(=O)c1ccccc1F. The van der Waals surface area contributed by atoms with Crippen molar-refractivity contribution in [3.8, 4) is 12.3 Å². The van der Waals surface area contributed by atoms with Crippen LogP contribution in [0.5, 0.6) is 0 Å². The molecular weight excluding hydrogens is 191 g/mol. The van der Waals surface area contributed by atoms with Gasteiger partial charge in [-0.1, -0.05) is 18.1 Å². The molecule has 0 N–H and O–H groups in total. The zero-order valence-electron chi connectivity index (χ0n) is 6.70. The zero-order valence-corrected chi connectivity index (χ0v) is 7.51. The molecule has 13 heavy (non-hydrogen) atoms. The molecule has 2 nitrogen and oxygen atoms in total. The van der Waals surface area contributed by atoms with E-state index in [4.69, 9.17) is 6.42 Å². The van der Waals surface area contributed by atoms with Gasteiger partial charge in [-0.25, -0.2) is 12.8 Å². The second-order valence-electron chi connectivity index (χ2n) is 2.39. The summed E-state index contributed by atoms with van der Waals surface area (Å²) in [5.41, 5.74) is 0. The smallest absolute Gasteiger partial charge is 0.192 e. The quantitative estimate of drug-likeness (QED) is 0.670. The average molecular weight is 198 g/mol. The van der Waals surface area contributed by atoms with Crippen LogP contribution in [0.1, 0.15) is 0 Å². The highest BCUT2D eigenvalue weighted by molar-refractivity contribution is 7.91. The predicted octanol–water partition coefficient (Wildman–Crippen LogP) is 1.23. The minimum Gasteiger partial charge on any atom is -0.223 e. The third-order valence-corrected chi connectivity index (χ3v) is 2.99. The van der Waals surface area contributed by atoms with Crippen molar-refractivity contribution in [1.82, 2.24) is 0 Å². The largest absolute Gasteiger partial charge is 0.223 e. The van der Waals surface area contributed by atoms with Gasteiger partial charge in [0.05, 0.1) is 0 Å². The lowest BCUT2D eigenvalue weighted by atomic mass is 10.3. The van der Waals surface area contributed by atoms with E-state index >= 15 is 0 Å². The summed E-state index contributed by atoms with van der Waals surface area (Å²) in [5.74, 6) is 0.735. The Morgan fingerprint density at radius 1 is 1.38 bits per heavy atom. The maximum atomic E-state index is 13.0. The number of hydrogen-bond acceptors (Lipinski definition) is 2. The zero-order chi connectivity index (χ0) is 9.90. The number of terminal acetylenes is 1. The lowest BCUT2D eigenvalue weighted by Crippen LogP contribution is -2.06. The summed E-state index contributed by atoms with van der Waals surface area (Å²) >= 11 is 0. The van der Waals surface area contributed by atoms with Crippen LogP contribution in [0.15, 0.2) is 29.2 Å². The molecule has 0 atom stereocenters. The summed E-state index contributed by atoms with van der Waals surface area (Å²) in [6.45, 7) is 0. The number of hydrogen-bond donors (Lipinski definition) is 0. The van der Waals surface area contributed by atoms with E-state index in [2.05, 4.69) is 0 Å². The van der Waals surface area contributed by atoms with Gasteiger partial charge >= 0.3 is 0 Å². The summed E-state index contributed by atoms with van der Waals surface area (Å²) in [7, 11) is -3.65. The minimum absolute atomic E-state index is 0.340. The third kappa shape index (κ3) is 2.07. The number of halogens is 1. The minimum atomic E-state index is -3.65. The van der Waals surface area contributed by atoms with Gasteiger partial charge in [-0.3, -0.25) is 0 Å². The number of rotatable bonds is 2. The standard InChI is InChI=1S/C9H7FO2S/c1-2-7-13(11,12)9-6-4-3-5-8(9)10/h1,3-6H,7H2. The Hall–Kier alpha value is -1.34. The van der Waals surface area contributed by atoms with Crippen molar-refractivity contribution in [3.63, 3.8) is 0 Å². The van der Waals surface area contributed by atoms with Gasteiger partial charge in [0.15, 0.2) is 9.84 Å². The van der Waals surface area contributed by atoms with Gasteiger partial charge in [0.2, 0.25) is 0 Å². The molecule has 0 amide bonds. The van der Waals surface area contributed by atoms with Crippen LogP contribution in [-0.4, -0.2) is 14.2 Å². The van der Waals surface area contributed by atoms with Gasteiger partial charge in [0, 0.05) is 0 Å². The summed E-state index contributed by atoms with van der Waals surface area (Å²) in [4.78, 5) is -0.340. The van der Waals surface area contributed by atoms with Gasteiger partial charge in [-0.05, 0) is 12.1 Å². The van der Waals surface area contributed by atoms with Crippen molar-refractivity contribution >= 4 is 9.84 Å². The first-order valence-corrected chi connectivity index (χ1v) is 5.14. The van der Waals surface area contributed by atoms with E-state index in [-0.39, 0.29) is 4.90 Å². The third-order valence-electron chi connectivity index (χ3n) is 1.45. The number of sulfone groups is 1. The monoisotopic (exact) mass is 198 g/mol. The van der Waals surface area contributed by atoms with Crippen LogP contribution < -0.4 is 0 Å². The van der Waals surface area contributed by atoms with Crippen LogP contribution in [0.3, 0.4) is 0 Å². The first-order chi connectivity index (χ1) is 6.08. The molecule has 68 valence electrons. The highest BCUT2D eigenvalue weighted by Crippen LogP contribution is 2.14. The fourth-order valence-electron chi connectivity index (χ4n) is 0.884. The molecule has 1 rings (SSSR count). The second kappa shape index (κ2) is 3.58. The molecule has 0 aromatic heterocycles. The first-order valence-electron chi connectivity index (χ1n) is 3.48. The van der Waals surface area contributed by atoms with Gasteiger partial charge in [0.1, 0.15) is 16.5 Å². The Morgan fingerprint density at radius 2 is 2.00 bits per heavy atom. The molecule has 0 aliphatic heterocycles. The molecule has 0 aliphatic rings. The Morgan fingerprint density at radius 3 is 2.54 bits per heavy atom. The maximum Gasteiger partial charge on any atom is 0.192 e. The molecule has 0 heterocycles. The summed E-state index contributed by atoms with van der Waals surface area (Å²) in [6.07, 6.45) is 4.85. The fraction of sp³-hybridized carbons (Fsp3) is 0.111. The summed E-state index contributed by atoms with van der Waals surface area (Å²) in [5, 5.41) is 0. The Balaban J connectivity index is 3.25. The van der Waals surface area contributed by atoms with Crippen molar-refractivity contribution in [1.29, 1.82) is 0 Å². The first kappa shape index (κ1) is 9.75. The summed E-state index contributed by atoms with van der Waals surface area (Å²) < 4.78 is 35.5. The van der Waals surface area contributed by atoms with E-state index in [9.17, 15) is 12.8 Å². The van der Waals surface area contributed by atoms with Crippen LogP contribution in [0.4, 0.5) is 4.39 Å². The molecular formula is C9H7FO2S. The molecule has 0 spiro atoms. The molecule has 0 saturated carbocycles. The molecule has 0 fully saturated rings. The van der Waals surface area contributed by atoms with E-state index in [0.717, 1.165) is 6.07 Å². The molecule has 0 saturated heterocycles. The highest BCUT2D eigenvalue weighted by Gasteiger charge is 2.16. The van der Waals surface area contributed by atoms with E-state index < -0.39 is 21.4 Å². The van der Waals surface area contributed by atoms with Crippen molar-refractivity contribution in [2.45, 2.75) is 4.90 Å². The predicted molar refractivity (Wildman–Crippen MR) is 47.3 cm³/mol. The van der Waals surface area contributed by atoms with Crippen LogP contribution >= 0.6 is 0 Å². The molecule has 0 bridgehead atoms. The maximum absolute atomic E-state index is 13.0. The summed E-state index contributed by atoms with van der Waals surface area (Å²) in [6, 6.07) is 5.15. The van der Waals surface area contributed by atoms with Gasteiger partial charge < -0.3 is 0 Å². The Bertz CT molecular complexity index is 443. The van der Waals surface area contributed by atoms with Crippen molar-refractivity contribution < 1.29 is 12.8 Å². The van der Waals surface area contributed by atoms with E-state index in [1.54, 1.807) is 0 Å². The van der Waals surface area contributed by atoms with E-state index in [1.807, 2.05) is 5.92 Å². The molecule has 0 aliphatic carbocycles. The van der Waals surface area contributed by atoms with Crippen LogP contribution in [0.25, 0.3) is 0 Å². The highest BCUT2D eigenvalue weighted by atomic mass is 32.2. The van der Waals surface area contributed by atoms with E-state index in [1.165, 1.54) is 18.2 Å². The average Bonchev–Trinajstić information content (AvgIpc) is 2.04. The Kier molecular flexibility index (Phi) is 2.69. The van der Waals surface area contributed by atoms with Crippen LogP contribution in [0, 0.1) is 18.2 Å². The van der Waals surface area contributed by atoms with Crippen LogP contribution in [-0.2, 0) is 9.84 Å². The molecule has 1 aromatic rings. The van der Waals surface area contributed by atoms with Gasteiger partial charge in [-0.2, -0.15) is 0 Å². The molecule has 4 heteroatoms. The Labute approximate surface area is 76.3 Å². The second-order valence-corrected chi connectivity index (χ2v) is 4.35. The van der Waals surface area contributed by atoms with Gasteiger partial charge in [-0.15, -0.1) is 6.42 Å². The molecule has 0 radical (unpaired) electrons. The van der Waals surface area contributed by atoms with Crippen molar-refractivity contribution in [3.05, 3.63) is 30.1 Å². The van der Waals surface area contributed by atoms with Crippen molar-refractivity contribution in [2.75, 3.05) is 5.75 Å². The fourth-order valence-corrected chi connectivity index (χ4v) is 1.91. The van der Waals surface area contributed by atoms with Gasteiger partial charge in [0.25, 0.3) is 0 Å². The lowest BCUT2D eigenvalue weighted by Gasteiger charge is -2.00. The van der Waals surface area contributed by atoms with E-state index in [0.29, 0.717) is 0 Å². The van der Waals surface area contributed by atoms with Crippen LogP contribution in [0.2, 0.25) is 0 Å². The molecule has 1 aromatic carbocycles.